The van der Waals surface area contributed by atoms with Crippen LogP contribution in [0.1, 0.15) is 43.9 Å². The molecular weight excluding hydrogens is 277 g/mol. The fourth-order valence-electron chi connectivity index (χ4n) is 2.11. The van der Waals surface area contributed by atoms with Crippen LogP contribution in [0.5, 0.6) is 0 Å². The molecule has 0 heterocycles. The minimum absolute atomic E-state index is 0.00200. The average molecular weight is 301 g/mol. The molecule has 1 N–H and O–H groups in total. The van der Waals surface area contributed by atoms with Gasteiger partial charge in [0, 0.05) is 11.8 Å². The summed E-state index contributed by atoms with van der Waals surface area (Å²) < 4.78 is 36.6. The molecule has 1 aromatic rings. The van der Waals surface area contributed by atoms with Gasteiger partial charge in [0.2, 0.25) is 0 Å². The van der Waals surface area contributed by atoms with E-state index in [2.05, 4.69) is 5.32 Å². The van der Waals surface area contributed by atoms with E-state index in [-0.39, 0.29) is 23.4 Å². The van der Waals surface area contributed by atoms with Crippen molar-refractivity contribution < 1.29 is 12.8 Å². The van der Waals surface area contributed by atoms with Gasteiger partial charge in [0.05, 0.1) is 5.75 Å². The molecule has 0 fully saturated rings. The van der Waals surface area contributed by atoms with Crippen molar-refractivity contribution in [2.24, 2.45) is 0 Å². The Morgan fingerprint density at radius 2 is 2.00 bits per heavy atom. The van der Waals surface area contributed by atoms with E-state index in [0.29, 0.717) is 18.4 Å². The molecule has 20 heavy (non-hydrogen) atoms. The topological polar surface area (TPSA) is 46.2 Å². The molecule has 0 aromatic heterocycles. The van der Waals surface area contributed by atoms with Crippen LogP contribution < -0.4 is 5.32 Å². The van der Waals surface area contributed by atoms with Crippen LogP contribution in [0, 0.1) is 12.7 Å². The zero-order chi connectivity index (χ0) is 15.2. The molecule has 0 radical (unpaired) electrons. The van der Waals surface area contributed by atoms with Gasteiger partial charge in [-0.3, -0.25) is 0 Å². The van der Waals surface area contributed by atoms with Gasteiger partial charge in [-0.1, -0.05) is 26.0 Å². The third-order valence-electron chi connectivity index (χ3n) is 3.44. The first-order valence-corrected chi connectivity index (χ1v) is 8.91. The van der Waals surface area contributed by atoms with Gasteiger partial charge < -0.3 is 5.32 Å². The Kier molecular flexibility index (Phi) is 6.62. The minimum atomic E-state index is -2.93. The first kappa shape index (κ1) is 17.1. The lowest BCUT2D eigenvalue weighted by Crippen LogP contribution is -2.22. The largest absolute Gasteiger partial charge is 0.310 e. The number of benzene rings is 1. The highest BCUT2D eigenvalue weighted by atomic mass is 32.2. The predicted molar refractivity (Wildman–Crippen MR) is 81.1 cm³/mol. The summed E-state index contributed by atoms with van der Waals surface area (Å²) in [6.07, 6.45) is 1.28. The van der Waals surface area contributed by atoms with Gasteiger partial charge in [-0.05, 0) is 43.5 Å². The molecule has 0 amide bonds. The normalized spacial score (nSPS) is 13.4. The molecular formula is C15H24FNO2S. The highest BCUT2D eigenvalue weighted by Crippen LogP contribution is 2.21. The number of hydrogen-bond donors (Lipinski definition) is 1. The first-order valence-electron chi connectivity index (χ1n) is 7.09. The lowest BCUT2D eigenvalue weighted by molar-refractivity contribution is 0.502. The summed E-state index contributed by atoms with van der Waals surface area (Å²) in [4.78, 5) is 0. The van der Waals surface area contributed by atoms with Crippen LogP contribution in [0.4, 0.5) is 4.39 Å². The van der Waals surface area contributed by atoms with Crippen molar-refractivity contribution >= 4 is 9.84 Å². The number of nitrogens with one attached hydrogen (secondary N) is 1. The quantitative estimate of drug-likeness (QED) is 0.803. The second kappa shape index (κ2) is 7.74. The Balaban J connectivity index is 2.71. The Hall–Kier alpha value is -0.940. The monoisotopic (exact) mass is 301 g/mol. The highest BCUT2D eigenvalue weighted by molar-refractivity contribution is 7.91. The Labute approximate surface area is 121 Å². The molecule has 0 aliphatic rings. The molecule has 1 unspecified atom stereocenters. The maximum atomic E-state index is 13.6. The van der Waals surface area contributed by atoms with Crippen LogP contribution in [-0.2, 0) is 9.84 Å². The van der Waals surface area contributed by atoms with Crippen molar-refractivity contribution in [1.29, 1.82) is 0 Å². The van der Waals surface area contributed by atoms with E-state index in [1.54, 1.807) is 19.9 Å². The summed E-state index contributed by atoms with van der Waals surface area (Å²) in [5.74, 6) is 0.157. The van der Waals surface area contributed by atoms with Gasteiger partial charge in [-0.15, -0.1) is 0 Å². The summed E-state index contributed by atoms with van der Waals surface area (Å²) in [7, 11) is -2.93. The van der Waals surface area contributed by atoms with Crippen LogP contribution in [0.25, 0.3) is 0 Å². The molecule has 3 nitrogen and oxygen atoms in total. The van der Waals surface area contributed by atoms with Crippen molar-refractivity contribution in [2.75, 3.05) is 18.1 Å². The number of rotatable bonds is 8. The molecule has 1 atom stereocenters. The van der Waals surface area contributed by atoms with E-state index in [0.717, 1.165) is 12.1 Å². The Morgan fingerprint density at radius 1 is 1.30 bits per heavy atom. The predicted octanol–water partition coefficient (Wildman–Crippen LogP) is 3.00. The number of sulfone groups is 1. The van der Waals surface area contributed by atoms with Crippen LogP contribution in [0.15, 0.2) is 18.2 Å². The van der Waals surface area contributed by atoms with Crippen LogP contribution in [0.3, 0.4) is 0 Å². The standard InChI is InChI=1S/C15H24FNO2S/c1-4-17-15(7-6-10-20(18,19)5-2)13-9-8-12(3)14(16)11-13/h8-9,11,15,17H,4-7,10H2,1-3H3. The van der Waals surface area contributed by atoms with Crippen LogP contribution in [0.2, 0.25) is 0 Å². The van der Waals surface area contributed by atoms with E-state index in [4.69, 9.17) is 0 Å². The Bertz CT molecular complexity index is 529. The maximum absolute atomic E-state index is 13.6. The van der Waals surface area contributed by atoms with Gasteiger partial charge in [0.25, 0.3) is 0 Å². The van der Waals surface area contributed by atoms with Crippen molar-refractivity contribution in [3.63, 3.8) is 0 Å². The van der Waals surface area contributed by atoms with Crippen molar-refractivity contribution in [3.05, 3.63) is 35.1 Å². The summed E-state index contributed by atoms with van der Waals surface area (Å²) in [5.41, 5.74) is 1.50. The molecule has 5 heteroatoms. The lowest BCUT2D eigenvalue weighted by Gasteiger charge is -2.18. The minimum Gasteiger partial charge on any atom is -0.310 e. The van der Waals surface area contributed by atoms with E-state index >= 15 is 0 Å². The Morgan fingerprint density at radius 3 is 2.55 bits per heavy atom. The van der Waals surface area contributed by atoms with E-state index < -0.39 is 9.84 Å². The van der Waals surface area contributed by atoms with Crippen molar-refractivity contribution in [2.45, 2.75) is 39.7 Å². The molecule has 0 bridgehead atoms. The molecule has 0 saturated carbocycles. The summed E-state index contributed by atoms with van der Waals surface area (Å²) >= 11 is 0. The van der Waals surface area contributed by atoms with Crippen molar-refractivity contribution in [3.8, 4) is 0 Å². The zero-order valence-electron chi connectivity index (χ0n) is 12.4. The van der Waals surface area contributed by atoms with Crippen LogP contribution in [-0.4, -0.2) is 26.5 Å². The molecule has 1 rings (SSSR count). The number of hydrogen-bond acceptors (Lipinski definition) is 3. The molecule has 0 spiro atoms. The van der Waals surface area contributed by atoms with Crippen molar-refractivity contribution in [1.82, 2.24) is 5.32 Å². The third kappa shape index (κ3) is 5.21. The SMILES string of the molecule is CCNC(CCCS(=O)(=O)CC)c1ccc(C)c(F)c1. The maximum Gasteiger partial charge on any atom is 0.150 e. The fraction of sp³-hybridized carbons (Fsp3) is 0.600. The van der Waals surface area contributed by atoms with E-state index in [9.17, 15) is 12.8 Å². The average Bonchev–Trinajstić information content (AvgIpc) is 2.41. The first-order chi connectivity index (χ1) is 9.39. The number of aryl methyl sites for hydroxylation is 1. The molecule has 0 aliphatic heterocycles. The van der Waals surface area contributed by atoms with E-state index in [1.165, 1.54) is 6.07 Å². The highest BCUT2D eigenvalue weighted by Gasteiger charge is 2.14. The summed E-state index contributed by atoms with van der Waals surface area (Å²) in [6.45, 7) is 6.14. The zero-order valence-corrected chi connectivity index (χ0v) is 13.3. The summed E-state index contributed by atoms with van der Waals surface area (Å²) in [5, 5.41) is 3.29. The smallest absolute Gasteiger partial charge is 0.150 e. The van der Waals surface area contributed by atoms with Gasteiger partial charge in [0.15, 0.2) is 0 Å². The van der Waals surface area contributed by atoms with Gasteiger partial charge in [-0.25, -0.2) is 12.8 Å². The number of halogens is 1. The van der Waals surface area contributed by atoms with Gasteiger partial charge in [0.1, 0.15) is 15.7 Å². The van der Waals surface area contributed by atoms with Gasteiger partial charge >= 0.3 is 0 Å². The molecule has 0 aliphatic carbocycles. The van der Waals surface area contributed by atoms with Gasteiger partial charge in [-0.2, -0.15) is 0 Å². The molecule has 114 valence electrons. The fourth-order valence-corrected chi connectivity index (χ4v) is 3.01. The van der Waals surface area contributed by atoms with E-state index in [1.807, 2.05) is 13.0 Å². The second-order valence-corrected chi connectivity index (χ2v) is 7.47. The van der Waals surface area contributed by atoms with Crippen LogP contribution >= 0.6 is 0 Å². The molecule has 1 aromatic carbocycles. The lowest BCUT2D eigenvalue weighted by atomic mass is 10.0. The second-order valence-electron chi connectivity index (χ2n) is 5.00. The summed E-state index contributed by atoms with van der Waals surface area (Å²) in [6, 6.07) is 5.21. The third-order valence-corrected chi connectivity index (χ3v) is 5.23. The molecule has 0 saturated heterocycles.